The van der Waals surface area contributed by atoms with Gasteiger partial charge in [-0.15, -0.1) is 0 Å². The van der Waals surface area contributed by atoms with Gasteiger partial charge in [-0.25, -0.2) is 0 Å². The third kappa shape index (κ3) is 5.15. The Balaban J connectivity index is 1.34. The van der Waals surface area contributed by atoms with E-state index in [2.05, 4.69) is 5.32 Å². The fraction of sp³-hybridized carbons (Fsp3) is 0.455. The second kappa shape index (κ2) is 9.44. The highest BCUT2D eigenvalue weighted by Crippen LogP contribution is 2.22. The van der Waals surface area contributed by atoms with E-state index in [0.29, 0.717) is 38.3 Å². The number of amides is 2. The zero-order valence-electron chi connectivity index (χ0n) is 16.6. The highest BCUT2D eigenvalue weighted by atomic mass is 16.5. The number of ether oxygens (including phenoxy) is 1. The zero-order valence-corrected chi connectivity index (χ0v) is 16.6. The molecular weight excluding hydrogens is 356 g/mol. The molecular formula is C22H28N2O4. The van der Waals surface area contributed by atoms with Crippen molar-refractivity contribution in [3.8, 4) is 5.75 Å². The molecule has 1 aromatic heterocycles. The third-order valence-electron chi connectivity index (χ3n) is 5.08. The molecule has 150 valence electrons. The van der Waals surface area contributed by atoms with Crippen LogP contribution in [0.3, 0.4) is 0 Å². The van der Waals surface area contributed by atoms with Crippen LogP contribution in [0.15, 0.2) is 41.0 Å². The number of furan rings is 1. The van der Waals surface area contributed by atoms with Gasteiger partial charge in [0.15, 0.2) is 5.76 Å². The van der Waals surface area contributed by atoms with Crippen molar-refractivity contribution >= 4 is 11.8 Å². The highest BCUT2D eigenvalue weighted by molar-refractivity contribution is 5.91. The summed E-state index contributed by atoms with van der Waals surface area (Å²) in [5.41, 5.74) is 2.22. The Morgan fingerprint density at radius 1 is 1.14 bits per heavy atom. The van der Waals surface area contributed by atoms with E-state index in [1.165, 1.54) is 6.26 Å². The molecule has 0 saturated carbocycles. The Morgan fingerprint density at radius 2 is 1.86 bits per heavy atom. The summed E-state index contributed by atoms with van der Waals surface area (Å²) >= 11 is 0. The number of piperidine rings is 1. The fourth-order valence-corrected chi connectivity index (χ4v) is 3.52. The molecule has 1 fully saturated rings. The first-order valence-electron chi connectivity index (χ1n) is 9.86. The van der Waals surface area contributed by atoms with Crippen molar-refractivity contribution in [1.82, 2.24) is 10.2 Å². The molecule has 1 N–H and O–H groups in total. The van der Waals surface area contributed by atoms with Crippen LogP contribution in [-0.4, -0.2) is 42.5 Å². The lowest BCUT2D eigenvalue weighted by molar-refractivity contribution is -0.122. The number of para-hydroxylation sites is 1. The van der Waals surface area contributed by atoms with Gasteiger partial charge in [-0.3, -0.25) is 9.59 Å². The molecule has 0 spiro atoms. The lowest BCUT2D eigenvalue weighted by Crippen LogP contribution is -2.46. The average molecular weight is 384 g/mol. The second-order valence-corrected chi connectivity index (χ2v) is 7.28. The van der Waals surface area contributed by atoms with Gasteiger partial charge in [-0.1, -0.05) is 18.2 Å². The summed E-state index contributed by atoms with van der Waals surface area (Å²) in [4.78, 5) is 26.2. The van der Waals surface area contributed by atoms with Crippen molar-refractivity contribution in [2.45, 2.75) is 45.6 Å². The molecule has 1 saturated heterocycles. The number of carbonyl (C=O) groups is 2. The first-order chi connectivity index (χ1) is 13.5. The summed E-state index contributed by atoms with van der Waals surface area (Å²) in [6, 6.07) is 9.57. The number of hydrogen-bond acceptors (Lipinski definition) is 4. The predicted octanol–water partition coefficient (Wildman–Crippen LogP) is 3.48. The molecule has 3 rings (SSSR count). The Morgan fingerprint density at radius 3 is 2.50 bits per heavy atom. The van der Waals surface area contributed by atoms with E-state index in [4.69, 9.17) is 9.15 Å². The Hall–Kier alpha value is -2.76. The summed E-state index contributed by atoms with van der Waals surface area (Å²) in [5.74, 6) is 1.24. The van der Waals surface area contributed by atoms with Crippen LogP contribution in [-0.2, 0) is 4.79 Å². The van der Waals surface area contributed by atoms with E-state index >= 15 is 0 Å². The van der Waals surface area contributed by atoms with Gasteiger partial charge in [0.1, 0.15) is 5.75 Å². The first kappa shape index (κ1) is 20.0. The summed E-state index contributed by atoms with van der Waals surface area (Å²) in [6.45, 7) is 5.82. The molecule has 1 aromatic carbocycles. The molecule has 1 aliphatic heterocycles. The second-order valence-electron chi connectivity index (χ2n) is 7.28. The Labute approximate surface area is 165 Å². The molecule has 2 heterocycles. The van der Waals surface area contributed by atoms with Crippen LogP contribution >= 0.6 is 0 Å². The average Bonchev–Trinajstić information content (AvgIpc) is 3.22. The maximum atomic E-state index is 12.3. The Kier molecular flexibility index (Phi) is 6.74. The number of carbonyl (C=O) groups excluding carboxylic acids is 2. The van der Waals surface area contributed by atoms with E-state index in [1.54, 1.807) is 17.0 Å². The number of hydrogen-bond donors (Lipinski definition) is 1. The van der Waals surface area contributed by atoms with Crippen LogP contribution in [0.25, 0.3) is 0 Å². The minimum Gasteiger partial charge on any atom is -0.493 e. The molecule has 0 radical (unpaired) electrons. The lowest BCUT2D eigenvalue weighted by atomic mass is 10.0. The van der Waals surface area contributed by atoms with Gasteiger partial charge in [0, 0.05) is 25.6 Å². The normalized spacial score (nSPS) is 14.7. The number of aryl methyl sites for hydroxylation is 2. The number of rotatable bonds is 7. The van der Waals surface area contributed by atoms with E-state index in [0.717, 1.165) is 29.7 Å². The minimum absolute atomic E-state index is 0.0425. The smallest absolute Gasteiger partial charge is 0.289 e. The van der Waals surface area contributed by atoms with Crippen LogP contribution in [0.2, 0.25) is 0 Å². The lowest BCUT2D eigenvalue weighted by Gasteiger charge is -2.31. The first-order valence-corrected chi connectivity index (χ1v) is 9.86. The molecule has 2 amide bonds. The number of likely N-dealkylation sites (tertiary alicyclic amines) is 1. The SMILES string of the molecule is Cc1cccc(C)c1OCCCC(=O)NC1CCN(C(=O)c2ccco2)CC1. The van der Waals surface area contributed by atoms with E-state index in [9.17, 15) is 9.59 Å². The molecule has 0 bridgehead atoms. The Bertz CT molecular complexity index is 773. The zero-order chi connectivity index (χ0) is 19.9. The summed E-state index contributed by atoms with van der Waals surface area (Å²) < 4.78 is 11.0. The molecule has 6 heteroatoms. The topological polar surface area (TPSA) is 71.8 Å². The van der Waals surface area contributed by atoms with Gasteiger partial charge in [-0.2, -0.15) is 0 Å². The van der Waals surface area contributed by atoms with Crippen molar-refractivity contribution in [3.63, 3.8) is 0 Å². The standard InChI is InChI=1S/C22H28N2O4/c1-16-6-3-7-17(2)21(16)28-15-5-9-20(25)23-18-10-12-24(13-11-18)22(26)19-8-4-14-27-19/h3-4,6-8,14,18H,5,9-13,15H2,1-2H3,(H,23,25). The molecule has 0 unspecified atom stereocenters. The summed E-state index contributed by atoms with van der Waals surface area (Å²) in [7, 11) is 0. The molecule has 28 heavy (non-hydrogen) atoms. The van der Waals surface area contributed by atoms with Gasteiger partial charge in [0.25, 0.3) is 5.91 Å². The fourth-order valence-electron chi connectivity index (χ4n) is 3.52. The number of benzene rings is 1. The summed E-state index contributed by atoms with van der Waals surface area (Å²) in [5, 5.41) is 3.08. The molecule has 0 aliphatic carbocycles. The van der Waals surface area contributed by atoms with E-state index < -0.39 is 0 Å². The monoisotopic (exact) mass is 384 g/mol. The molecule has 2 aromatic rings. The van der Waals surface area contributed by atoms with Crippen LogP contribution < -0.4 is 10.1 Å². The minimum atomic E-state index is -0.0848. The van der Waals surface area contributed by atoms with Crippen LogP contribution in [0.5, 0.6) is 5.75 Å². The van der Waals surface area contributed by atoms with Crippen molar-refractivity contribution in [2.75, 3.05) is 19.7 Å². The number of nitrogens with one attached hydrogen (secondary N) is 1. The van der Waals surface area contributed by atoms with Crippen LogP contribution in [0, 0.1) is 13.8 Å². The summed E-state index contributed by atoms with van der Waals surface area (Å²) in [6.07, 6.45) is 4.14. The predicted molar refractivity (Wildman–Crippen MR) is 106 cm³/mol. The van der Waals surface area contributed by atoms with Crippen molar-refractivity contribution in [2.24, 2.45) is 0 Å². The van der Waals surface area contributed by atoms with Gasteiger partial charge < -0.3 is 19.4 Å². The van der Waals surface area contributed by atoms with Crippen LogP contribution in [0.4, 0.5) is 0 Å². The van der Waals surface area contributed by atoms with Crippen molar-refractivity contribution in [1.29, 1.82) is 0 Å². The van der Waals surface area contributed by atoms with Gasteiger partial charge in [-0.05, 0) is 56.4 Å². The van der Waals surface area contributed by atoms with Crippen LogP contribution in [0.1, 0.15) is 47.4 Å². The van der Waals surface area contributed by atoms with E-state index in [1.807, 2.05) is 32.0 Å². The maximum absolute atomic E-state index is 12.3. The molecule has 0 atom stereocenters. The number of nitrogens with zero attached hydrogens (tertiary/aromatic N) is 1. The van der Waals surface area contributed by atoms with Crippen molar-refractivity contribution < 1.29 is 18.7 Å². The maximum Gasteiger partial charge on any atom is 0.289 e. The third-order valence-corrected chi connectivity index (χ3v) is 5.08. The van der Waals surface area contributed by atoms with Gasteiger partial charge >= 0.3 is 0 Å². The highest BCUT2D eigenvalue weighted by Gasteiger charge is 2.25. The quantitative estimate of drug-likeness (QED) is 0.742. The van der Waals surface area contributed by atoms with Gasteiger partial charge in [0.2, 0.25) is 5.91 Å². The van der Waals surface area contributed by atoms with E-state index in [-0.39, 0.29) is 17.9 Å². The molecule has 1 aliphatic rings. The van der Waals surface area contributed by atoms with Crippen molar-refractivity contribution in [3.05, 3.63) is 53.5 Å². The largest absolute Gasteiger partial charge is 0.493 e. The van der Waals surface area contributed by atoms with Gasteiger partial charge in [0.05, 0.1) is 12.9 Å². The molecule has 6 nitrogen and oxygen atoms in total.